The molecule has 1 aliphatic carbocycles. The normalized spacial score (nSPS) is 16.3. The number of aliphatic imine (C=N–C) groups is 2. The molecule has 3 aromatic carbocycles. The number of aliphatic carboxylic acids is 1. The molecule has 1 fully saturated rings. The van der Waals surface area contributed by atoms with Gasteiger partial charge < -0.3 is 10.4 Å². The lowest BCUT2D eigenvalue weighted by Gasteiger charge is -2.18. The summed E-state index contributed by atoms with van der Waals surface area (Å²) >= 11 is 6.10. The molecule has 2 aliphatic rings. The summed E-state index contributed by atoms with van der Waals surface area (Å²) in [7, 11) is 0. The highest BCUT2D eigenvalue weighted by atomic mass is 35.5. The van der Waals surface area contributed by atoms with Crippen LogP contribution in [-0.2, 0) is 16.9 Å². The number of nitrogens with one attached hydrogen (secondary N) is 1. The molecule has 0 saturated heterocycles. The molecule has 5 rings (SSSR count). The van der Waals surface area contributed by atoms with Crippen LogP contribution in [0.3, 0.4) is 0 Å². The fourth-order valence-corrected chi connectivity index (χ4v) is 4.93. The number of amides is 1. The first-order valence-corrected chi connectivity index (χ1v) is 13.4. The summed E-state index contributed by atoms with van der Waals surface area (Å²) in [5, 5.41) is 13.0. The van der Waals surface area contributed by atoms with Gasteiger partial charge in [0.2, 0.25) is 0 Å². The Labute approximate surface area is 231 Å². The average molecular weight is 546 g/mol. The van der Waals surface area contributed by atoms with E-state index in [1.807, 2.05) is 18.2 Å². The molecule has 1 unspecified atom stereocenters. The maximum Gasteiger partial charge on any atom is 0.306 e. The van der Waals surface area contributed by atoms with E-state index in [1.54, 1.807) is 43.3 Å². The van der Waals surface area contributed by atoms with E-state index < -0.39 is 17.4 Å². The number of carbonyl (C=O) groups is 2. The van der Waals surface area contributed by atoms with Gasteiger partial charge in [0.1, 0.15) is 5.82 Å². The SMILES string of the molecule is CC(CCCC1=Nc2cc(C(=O)NC3(c4ccc(F)cc4)CC3)ccc2CN=C1c1ccc(Cl)cc1)C(=O)O. The Morgan fingerprint density at radius 3 is 2.46 bits per heavy atom. The van der Waals surface area contributed by atoms with Crippen LogP contribution in [-0.4, -0.2) is 28.4 Å². The Morgan fingerprint density at radius 1 is 1.08 bits per heavy atom. The molecule has 1 amide bonds. The number of hydrogen-bond acceptors (Lipinski definition) is 4. The van der Waals surface area contributed by atoms with E-state index in [9.17, 15) is 19.1 Å². The number of carbonyl (C=O) groups excluding carboxylic acids is 1. The molecule has 8 heteroatoms. The van der Waals surface area contributed by atoms with Crippen molar-refractivity contribution in [2.45, 2.75) is 51.1 Å². The molecule has 0 aromatic heterocycles. The third-order valence-electron chi connectivity index (χ3n) is 7.37. The topological polar surface area (TPSA) is 91.1 Å². The second-order valence-electron chi connectivity index (χ2n) is 10.2. The van der Waals surface area contributed by atoms with Crippen LogP contribution in [0, 0.1) is 11.7 Å². The second kappa shape index (κ2) is 11.1. The lowest BCUT2D eigenvalue weighted by molar-refractivity contribution is -0.141. The van der Waals surface area contributed by atoms with Gasteiger partial charge >= 0.3 is 5.97 Å². The van der Waals surface area contributed by atoms with E-state index in [0.29, 0.717) is 42.1 Å². The number of benzene rings is 3. The molecule has 1 aliphatic heterocycles. The van der Waals surface area contributed by atoms with Crippen LogP contribution in [0.4, 0.5) is 10.1 Å². The predicted molar refractivity (Wildman–Crippen MR) is 151 cm³/mol. The summed E-state index contributed by atoms with van der Waals surface area (Å²) in [5.74, 6) is -1.79. The molecule has 1 heterocycles. The third kappa shape index (κ3) is 6.09. The number of carboxylic acids is 1. The van der Waals surface area contributed by atoms with Gasteiger partial charge in [-0.05, 0) is 79.6 Å². The van der Waals surface area contributed by atoms with Gasteiger partial charge in [-0.25, -0.2) is 4.39 Å². The molecule has 2 N–H and O–H groups in total. The number of halogens is 2. The van der Waals surface area contributed by atoms with Crippen molar-refractivity contribution >= 4 is 40.6 Å². The van der Waals surface area contributed by atoms with Crippen LogP contribution in [0.15, 0.2) is 76.7 Å². The zero-order valence-corrected chi connectivity index (χ0v) is 22.3. The summed E-state index contributed by atoms with van der Waals surface area (Å²) in [4.78, 5) is 34.4. The van der Waals surface area contributed by atoms with Gasteiger partial charge in [0.15, 0.2) is 0 Å². The number of hydrogen-bond donors (Lipinski definition) is 2. The van der Waals surface area contributed by atoms with Gasteiger partial charge in [0.25, 0.3) is 5.91 Å². The van der Waals surface area contributed by atoms with Gasteiger partial charge in [-0.15, -0.1) is 0 Å². The highest BCUT2D eigenvalue weighted by Crippen LogP contribution is 2.45. The quantitative estimate of drug-likeness (QED) is 0.307. The van der Waals surface area contributed by atoms with Crippen molar-refractivity contribution in [3.05, 3.63) is 99.8 Å². The van der Waals surface area contributed by atoms with Crippen LogP contribution in [0.5, 0.6) is 0 Å². The van der Waals surface area contributed by atoms with Crippen LogP contribution in [0.2, 0.25) is 5.02 Å². The highest BCUT2D eigenvalue weighted by molar-refractivity contribution is 6.49. The number of nitrogens with zero attached hydrogens (tertiary/aromatic N) is 2. The van der Waals surface area contributed by atoms with E-state index in [1.165, 1.54) is 12.1 Å². The lowest BCUT2D eigenvalue weighted by Crippen LogP contribution is -2.34. The van der Waals surface area contributed by atoms with E-state index >= 15 is 0 Å². The van der Waals surface area contributed by atoms with E-state index in [4.69, 9.17) is 21.6 Å². The van der Waals surface area contributed by atoms with Crippen molar-refractivity contribution in [2.75, 3.05) is 0 Å². The smallest absolute Gasteiger partial charge is 0.306 e. The Kier molecular flexibility index (Phi) is 7.62. The van der Waals surface area contributed by atoms with Crippen molar-refractivity contribution in [3.63, 3.8) is 0 Å². The highest BCUT2D eigenvalue weighted by Gasteiger charge is 2.45. The first-order valence-electron chi connectivity index (χ1n) is 13.1. The van der Waals surface area contributed by atoms with Gasteiger partial charge in [0.05, 0.1) is 35.1 Å². The number of fused-ring (bicyclic) bond motifs is 1. The summed E-state index contributed by atoms with van der Waals surface area (Å²) in [6.45, 7) is 2.09. The monoisotopic (exact) mass is 545 g/mol. The average Bonchev–Trinajstić information content (AvgIpc) is 3.72. The molecule has 0 radical (unpaired) electrons. The minimum atomic E-state index is -0.820. The van der Waals surface area contributed by atoms with Gasteiger partial charge in [-0.3, -0.25) is 19.6 Å². The Morgan fingerprint density at radius 2 is 1.79 bits per heavy atom. The zero-order chi connectivity index (χ0) is 27.6. The van der Waals surface area contributed by atoms with E-state index in [-0.39, 0.29) is 11.7 Å². The minimum absolute atomic E-state index is 0.213. The summed E-state index contributed by atoms with van der Waals surface area (Å²) < 4.78 is 13.4. The third-order valence-corrected chi connectivity index (χ3v) is 7.63. The Bertz CT molecular complexity index is 1460. The van der Waals surface area contributed by atoms with Crippen molar-refractivity contribution in [1.82, 2.24) is 5.32 Å². The molecule has 39 heavy (non-hydrogen) atoms. The first kappa shape index (κ1) is 26.8. The predicted octanol–water partition coefficient (Wildman–Crippen LogP) is 6.86. The van der Waals surface area contributed by atoms with E-state index in [0.717, 1.165) is 41.0 Å². The standard InChI is InChI=1S/C31H29ClFN3O3/c1-19(30(38)39)3-2-4-26-28(20-7-11-24(32)12-8-20)34-18-22-6-5-21(17-27(22)35-26)29(37)36-31(15-16-31)23-9-13-25(33)14-10-23/h5-14,17,19H,2-4,15-16,18H2,1H3,(H,36,37)(H,38,39). The molecule has 3 aromatic rings. The molecule has 6 nitrogen and oxygen atoms in total. The summed E-state index contributed by atoms with van der Waals surface area (Å²) in [6.07, 6.45) is 3.29. The summed E-state index contributed by atoms with van der Waals surface area (Å²) in [6, 6.07) is 19.1. The van der Waals surface area contributed by atoms with Crippen LogP contribution in [0.25, 0.3) is 0 Å². The molecular weight excluding hydrogens is 517 g/mol. The lowest BCUT2D eigenvalue weighted by atomic mass is 9.98. The maximum atomic E-state index is 13.4. The van der Waals surface area contributed by atoms with Crippen molar-refractivity contribution in [1.29, 1.82) is 0 Å². The molecule has 1 atom stereocenters. The number of carboxylic acid groups (broad SMARTS) is 1. The molecule has 1 saturated carbocycles. The fourth-order valence-electron chi connectivity index (χ4n) is 4.81. The van der Waals surface area contributed by atoms with Crippen LogP contribution < -0.4 is 5.32 Å². The first-order chi connectivity index (χ1) is 18.7. The maximum absolute atomic E-state index is 13.4. The van der Waals surface area contributed by atoms with Crippen molar-refractivity contribution < 1.29 is 19.1 Å². The van der Waals surface area contributed by atoms with E-state index in [2.05, 4.69) is 5.32 Å². The van der Waals surface area contributed by atoms with Gasteiger partial charge in [-0.1, -0.05) is 48.9 Å². The largest absolute Gasteiger partial charge is 0.481 e. The second-order valence-corrected chi connectivity index (χ2v) is 10.7. The van der Waals surface area contributed by atoms with Crippen LogP contribution in [0.1, 0.15) is 66.1 Å². The minimum Gasteiger partial charge on any atom is -0.481 e. The summed E-state index contributed by atoms with van der Waals surface area (Å²) in [5.41, 5.74) is 4.84. The zero-order valence-electron chi connectivity index (χ0n) is 21.6. The van der Waals surface area contributed by atoms with Crippen molar-refractivity contribution in [2.24, 2.45) is 15.9 Å². The van der Waals surface area contributed by atoms with Crippen molar-refractivity contribution in [3.8, 4) is 0 Å². The fraction of sp³-hybridized carbons (Fsp3) is 0.290. The molecule has 0 bridgehead atoms. The Hall–Kier alpha value is -3.84. The molecule has 200 valence electrons. The molecule has 0 spiro atoms. The number of rotatable bonds is 9. The molecular formula is C31H29ClFN3O3. The van der Waals surface area contributed by atoms with Gasteiger partial charge in [0, 0.05) is 16.1 Å². The van der Waals surface area contributed by atoms with Gasteiger partial charge in [-0.2, -0.15) is 0 Å². The van der Waals surface area contributed by atoms with Crippen LogP contribution >= 0.6 is 11.6 Å². The Balaban J connectivity index is 1.42.